The average Bonchev–Trinajstić information content (AvgIpc) is 2.25. The van der Waals surface area contributed by atoms with Crippen molar-refractivity contribution < 1.29 is 20.1 Å². The minimum absolute atomic E-state index is 0.0450. The number of hydrogen-bond donors (Lipinski definition) is 4. The number of rotatable bonds is 5. The lowest BCUT2D eigenvalue weighted by molar-refractivity contribution is -0.121. The molecule has 0 heterocycles. The number of carbonyl (C=O) groups excluding carboxylic acids is 1. The SMILES string of the molecule is CCNC(=O)CCCc1cc(O)cc(O)c1O. The summed E-state index contributed by atoms with van der Waals surface area (Å²) in [6, 6.07) is 2.45. The summed E-state index contributed by atoms with van der Waals surface area (Å²) < 4.78 is 0. The molecule has 0 aromatic heterocycles. The van der Waals surface area contributed by atoms with Gasteiger partial charge < -0.3 is 20.6 Å². The molecule has 94 valence electrons. The fourth-order valence-electron chi connectivity index (χ4n) is 1.58. The summed E-state index contributed by atoms with van der Waals surface area (Å²) in [5, 5.41) is 30.7. The van der Waals surface area contributed by atoms with Gasteiger partial charge in [0.2, 0.25) is 5.91 Å². The molecular weight excluding hydrogens is 222 g/mol. The number of phenols is 3. The van der Waals surface area contributed by atoms with Gasteiger partial charge in [0.05, 0.1) is 0 Å². The lowest BCUT2D eigenvalue weighted by Crippen LogP contribution is -2.22. The summed E-state index contributed by atoms with van der Waals surface area (Å²) in [4.78, 5) is 11.2. The van der Waals surface area contributed by atoms with E-state index in [9.17, 15) is 20.1 Å². The largest absolute Gasteiger partial charge is 0.508 e. The minimum atomic E-state index is -0.349. The van der Waals surface area contributed by atoms with Crippen LogP contribution in [0, 0.1) is 0 Å². The Morgan fingerprint density at radius 2 is 2.00 bits per heavy atom. The first-order valence-electron chi connectivity index (χ1n) is 5.55. The summed E-state index contributed by atoms with van der Waals surface area (Å²) >= 11 is 0. The van der Waals surface area contributed by atoms with Gasteiger partial charge in [0.25, 0.3) is 0 Å². The first-order chi connectivity index (χ1) is 8.04. The molecule has 4 N–H and O–H groups in total. The standard InChI is InChI=1S/C12H17NO4/c1-2-13-11(16)5-3-4-8-6-9(14)7-10(15)12(8)17/h6-7,14-15,17H,2-5H2,1H3,(H,13,16). The van der Waals surface area contributed by atoms with Crippen LogP contribution in [0.1, 0.15) is 25.3 Å². The Kier molecular flexibility index (Phi) is 4.63. The average molecular weight is 239 g/mol. The Labute approximate surface area is 99.7 Å². The Morgan fingerprint density at radius 3 is 2.65 bits per heavy atom. The van der Waals surface area contributed by atoms with Crippen molar-refractivity contribution in [1.29, 1.82) is 0 Å². The number of amides is 1. The van der Waals surface area contributed by atoms with Crippen LogP contribution >= 0.6 is 0 Å². The monoisotopic (exact) mass is 239 g/mol. The molecule has 1 rings (SSSR count). The molecule has 5 heteroatoms. The number of benzene rings is 1. The third kappa shape index (κ3) is 3.86. The van der Waals surface area contributed by atoms with Gasteiger partial charge in [-0.2, -0.15) is 0 Å². The number of phenolic OH excluding ortho intramolecular Hbond substituents is 3. The van der Waals surface area contributed by atoms with Crippen molar-refractivity contribution in [2.45, 2.75) is 26.2 Å². The molecule has 0 aliphatic carbocycles. The maximum absolute atomic E-state index is 11.2. The molecule has 0 unspecified atom stereocenters. The Morgan fingerprint density at radius 1 is 1.29 bits per heavy atom. The highest BCUT2D eigenvalue weighted by atomic mass is 16.3. The zero-order valence-electron chi connectivity index (χ0n) is 9.73. The van der Waals surface area contributed by atoms with Crippen LogP contribution in [0.15, 0.2) is 12.1 Å². The van der Waals surface area contributed by atoms with Gasteiger partial charge in [-0.3, -0.25) is 4.79 Å². The van der Waals surface area contributed by atoms with E-state index in [2.05, 4.69) is 5.32 Å². The Balaban J connectivity index is 2.55. The highest BCUT2D eigenvalue weighted by molar-refractivity contribution is 5.75. The molecule has 5 nitrogen and oxygen atoms in total. The van der Waals surface area contributed by atoms with Crippen LogP contribution in [0.2, 0.25) is 0 Å². The molecule has 0 fully saturated rings. The van der Waals surface area contributed by atoms with Gasteiger partial charge in [-0.1, -0.05) is 0 Å². The van der Waals surface area contributed by atoms with Crippen molar-refractivity contribution in [3.63, 3.8) is 0 Å². The lowest BCUT2D eigenvalue weighted by atomic mass is 10.1. The van der Waals surface area contributed by atoms with Crippen LogP contribution in [-0.4, -0.2) is 27.8 Å². The topological polar surface area (TPSA) is 89.8 Å². The van der Waals surface area contributed by atoms with Crippen molar-refractivity contribution in [2.24, 2.45) is 0 Å². The number of hydrogen-bond acceptors (Lipinski definition) is 4. The predicted octanol–water partition coefficient (Wildman–Crippen LogP) is 1.26. The van der Waals surface area contributed by atoms with E-state index < -0.39 is 0 Å². The molecule has 1 amide bonds. The van der Waals surface area contributed by atoms with E-state index in [1.54, 1.807) is 0 Å². The molecular formula is C12H17NO4. The van der Waals surface area contributed by atoms with Crippen molar-refractivity contribution in [1.82, 2.24) is 5.32 Å². The maximum atomic E-state index is 11.2. The van der Waals surface area contributed by atoms with Crippen molar-refractivity contribution in [3.8, 4) is 17.2 Å². The highest BCUT2D eigenvalue weighted by Gasteiger charge is 2.09. The molecule has 0 radical (unpaired) electrons. The first-order valence-corrected chi connectivity index (χ1v) is 5.55. The van der Waals surface area contributed by atoms with Gasteiger partial charge in [0.1, 0.15) is 5.75 Å². The van der Waals surface area contributed by atoms with Crippen LogP contribution in [0.5, 0.6) is 17.2 Å². The summed E-state index contributed by atoms with van der Waals surface area (Å²) in [7, 11) is 0. The highest BCUT2D eigenvalue weighted by Crippen LogP contribution is 2.33. The van der Waals surface area contributed by atoms with Crippen LogP contribution in [0.4, 0.5) is 0 Å². The fourth-order valence-corrected chi connectivity index (χ4v) is 1.58. The van der Waals surface area contributed by atoms with E-state index in [1.807, 2.05) is 6.92 Å². The molecule has 1 aromatic carbocycles. The molecule has 0 saturated carbocycles. The third-order valence-corrected chi connectivity index (χ3v) is 2.38. The Hall–Kier alpha value is -1.91. The summed E-state index contributed by atoms with van der Waals surface area (Å²) in [6.45, 7) is 2.44. The fraction of sp³-hybridized carbons (Fsp3) is 0.417. The van der Waals surface area contributed by atoms with E-state index in [1.165, 1.54) is 6.07 Å². The minimum Gasteiger partial charge on any atom is -0.508 e. The molecule has 0 atom stereocenters. The molecule has 0 aliphatic heterocycles. The van der Waals surface area contributed by atoms with Crippen LogP contribution in [-0.2, 0) is 11.2 Å². The quantitative estimate of drug-likeness (QED) is 0.460. The molecule has 17 heavy (non-hydrogen) atoms. The molecule has 0 saturated heterocycles. The van der Waals surface area contributed by atoms with Crippen LogP contribution < -0.4 is 5.32 Å². The van der Waals surface area contributed by atoms with Gasteiger partial charge >= 0.3 is 0 Å². The number of aryl methyl sites for hydroxylation is 1. The van der Waals surface area contributed by atoms with E-state index in [4.69, 9.17) is 0 Å². The number of carbonyl (C=O) groups is 1. The number of aromatic hydroxyl groups is 3. The first kappa shape index (κ1) is 13.2. The van der Waals surface area contributed by atoms with Crippen molar-refractivity contribution in [2.75, 3.05) is 6.54 Å². The van der Waals surface area contributed by atoms with Crippen molar-refractivity contribution in [3.05, 3.63) is 17.7 Å². The zero-order chi connectivity index (χ0) is 12.8. The summed E-state index contributed by atoms with van der Waals surface area (Å²) in [6.07, 6.45) is 1.32. The van der Waals surface area contributed by atoms with E-state index in [0.717, 1.165) is 6.07 Å². The van der Waals surface area contributed by atoms with Crippen LogP contribution in [0.3, 0.4) is 0 Å². The van der Waals surface area contributed by atoms with Gasteiger partial charge in [-0.25, -0.2) is 0 Å². The molecule has 0 aliphatic rings. The lowest BCUT2D eigenvalue weighted by Gasteiger charge is -2.07. The predicted molar refractivity (Wildman–Crippen MR) is 63.1 cm³/mol. The second kappa shape index (κ2) is 5.98. The van der Waals surface area contributed by atoms with Gasteiger partial charge in [0.15, 0.2) is 11.5 Å². The van der Waals surface area contributed by atoms with Crippen LogP contribution in [0.25, 0.3) is 0 Å². The maximum Gasteiger partial charge on any atom is 0.219 e. The molecule has 0 spiro atoms. The van der Waals surface area contributed by atoms with Gasteiger partial charge in [0, 0.05) is 24.6 Å². The Bertz CT molecular complexity index is 404. The summed E-state index contributed by atoms with van der Waals surface area (Å²) in [5.41, 5.74) is 0.437. The normalized spacial score (nSPS) is 10.2. The summed E-state index contributed by atoms with van der Waals surface area (Å²) in [5.74, 6) is -0.735. The van der Waals surface area contributed by atoms with Gasteiger partial charge in [-0.15, -0.1) is 0 Å². The molecule has 0 bridgehead atoms. The third-order valence-electron chi connectivity index (χ3n) is 2.38. The van der Waals surface area contributed by atoms with E-state index >= 15 is 0 Å². The van der Waals surface area contributed by atoms with Crippen molar-refractivity contribution >= 4 is 5.91 Å². The van der Waals surface area contributed by atoms with Gasteiger partial charge in [-0.05, 0) is 25.8 Å². The van der Waals surface area contributed by atoms with E-state index in [-0.39, 0.29) is 23.2 Å². The molecule has 1 aromatic rings. The second-order valence-corrected chi connectivity index (χ2v) is 3.78. The smallest absolute Gasteiger partial charge is 0.219 e. The van der Waals surface area contributed by atoms with E-state index in [0.29, 0.717) is 31.4 Å². The second-order valence-electron chi connectivity index (χ2n) is 3.78. The zero-order valence-corrected chi connectivity index (χ0v) is 9.73. The number of nitrogens with one attached hydrogen (secondary N) is 1.